The van der Waals surface area contributed by atoms with Gasteiger partial charge in [0.05, 0.1) is 16.5 Å². The predicted octanol–water partition coefficient (Wildman–Crippen LogP) is 3.61. The first kappa shape index (κ1) is 15.6. The highest BCUT2D eigenvalue weighted by Crippen LogP contribution is 2.24. The van der Waals surface area contributed by atoms with Gasteiger partial charge in [0.15, 0.2) is 0 Å². The highest BCUT2D eigenvalue weighted by atomic mass is 79.9. The number of benzene rings is 1. The fourth-order valence-corrected chi connectivity index (χ4v) is 2.94. The van der Waals surface area contributed by atoms with Gasteiger partial charge in [-0.2, -0.15) is 0 Å². The molecule has 2 rings (SSSR count). The summed E-state index contributed by atoms with van der Waals surface area (Å²) in [6.45, 7) is 3.70. The highest BCUT2D eigenvalue weighted by molar-refractivity contribution is 9.10. The summed E-state index contributed by atoms with van der Waals surface area (Å²) < 4.78 is 0.508. The lowest BCUT2D eigenvalue weighted by molar-refractivity contribution is -0.384. The summed E-state index contributed by atoms with van der Waals surface area (Å²) in [6, 6.07) is 3.82. The van der Waals surface area contributed by atoms with Crippen molar-refractivity contribution in [3.8, 4) is 0 Å². The van der Waals surface area contributed by atoms with Crippen molar-refractivity contribution in [1.82, 2.24) is 10.3 Å². The quantitative estimate of drug-likeness (QED) is 0.658. The van der Waals surface area contributed by atoms with Crippen LogP contribution in [0.5, 0.6) is 0 Å². The smallest absolute Gasteiger partial charge is 0.270 e. The van der Waals surface area contributed by atoms with Crippen molar-refractivity contribution in [3.63, 3.8) is 0 Å². The van der Waals surface area contributed by atoms with Crippen LogP contribution in [-0.2, 0) is 0 Å². The number of carbonyl (C=O) groups excluding carboxylic acids is 1. The first-order chi connectivity index (χ1) is 9.88. The maximum absolute atomic E-state index is 12.2. The van der Waals surface area contributed by atoms with Gasteiger partial charge in [0.25, 0.3) is 11.6 Å². The number of nitrogens with zero attached hydrogens (tertiary/aromatic N) is 2. The Hall–Kier alpha value is -1.80. The molecular formula is C13H12BrN3O3S. The molecular weight excluding hydrogens is 358 g/mol. The lowest BCUT2D eigenvalue weighted by Crippen LogP contribution is -2.27. The molecule has 1 heterocycles. The van der Waals surface area contributed by atoms with Gasteiger partial charge in [-0.05, 0) is 35.8 Å². The molecule has 1 N–H and O–H groups in total. The topological polar surface area (TPSA) is 85.1 Å². The van der Waals surface area contributed by atoms with Crippen molar-refractivity contribution in [1.29, 1.82) is 0 Å². The summed E-state index contributed by atoms with van der Waals surface area (Å²) in [4.78, 5) is 26.8. The third-order valence-electron chi connectivity index (χ3n) is 2.76. The summed E-state index contributed by atoms with van der Waals surface area (Å²) in [5.41, 5.74) is 0.998. The summed E-state index contributed by atoms with van der Waals surface area (Å²) in [6.07, 6.45) is 0. The molecule has 0 saturated carbocycles. The molecule has 0 aliphatic carbocycles. The van der Waals surface area contributed by atoms with E-state index >= 15 is 0 Å². The molecule has 0 fully saturated rings. The Balaban J connectivity index is 2.20. The molecule has 1 aromatic heterocycles. The van der Waals surface area contributed by atoms with Gasteiger partial charge in [-0.15, -0.1) is 11.3 Å². The van der Waals surface area contributed by atoms with Crippen molar-refractivity contribution in [2.45, 2.75) is 19.9 Å². The van der Waals surface area contributed by atoms with Crippen molar-refractivity contribution >= 4 is 38.9 Å². The number of hydrogen-bond donors (Lipinski definition) is 1. The third-order valence-corrected chi connectivity index (χ3v) is 4.60. The van der Waals surface area contributed by atoms with Crippen molar-refractivity contribution < 1.29 is 9.72 Å². The predicted molar refractivity (Wildman–Crippen MR) is 83.5 cm³/mol. The molecule has 0 saturated heterocycles. The van der Waals surface area contributed by atoms with E-state index in [4.69, 9.17) is 0 Å². The molecule has 1 aromatic carbocycles. The molecule has 0 aliphatic heterocycles. The Kier molecular flexibility index (Phi) is 4.69. The summed E-state index contributed by atoms with van der Waals surface area (Å²) >= 11 is 4.70. The second-order valence-corrected chi connectivity index (χ2v) is 6.19. The average Bonchev–Trinajstić information content (AvgIpc) is 2.85. The Bertz CT molecular complexity index is 702. The molecule has 8 heteroatoms. The Morgan fingerprint density at radius 1 is 1.52 bits per heavy atom. The second kappa shape index (κ2) is 6.31. The van der Waals surface area contributed by atoms with Gasteiger partial charge in [0.1, 0.15) is 5.01 Å². The van der Waals surface area contributed by atoms with E-state index in [0.717, 1.165) is 10.7 Å². The highest BCUT2D eigenvalue weighted by Gasteiger charge is 2.18. The van der Waals surface area contributed by atoms with E-state index in [1.165, 1.54) is 29.5 Å². The molecule has 0 spiro atoms. The second-order valence-electron chi connectivity index (χ2n) is 4.44. The molecule has 1 unspecified atom stereocenters. The molecule has 0 aliphatic rings. The zero-order valence-corrected chi connectivity index (χ0v) is 13.7. The minimum atomic E-state index is -0.531. The maximum atomic E-state index is 12.2. The molecule has 0 bridgehead atoms. The summed E-state index contributed by atoms with van der Waals surface area (Å²) in [5, 5.41) is 16.3. The Labute approximate surface area is 133 Å². The number of halogens is 1. The van der Waals surface area contributed by atoms with Gasteiger partial charge < -0.3 is 5.32 Å². The lowest BCUT2D eigenvalue weighted by Gasteiger charge is -2.12. The number of aryl methyl sites for hydroxylation is 1. The number of non-ortho nitro benzene ring substituents is 1. The molecule has 6 nitrogen and oxygen atoms in total. The van der Waals surface area contributed by atoms with E-state index < -0.39 is 4.92 Å². The number of aromatic nitrogens is 1. The van der Waals surface area contributed by atoms with Crippen LogP contribution in [0.2, 0.25) is 0 Å². The number of carbonyl (C=O) groups is 1. The summed E-state index contributed by atoms with van der Waals surface area (Å²) in [5.74, 6) is -0.383. The first-order valence-electron chi connectivity index (χ1n) is 6.05. The van der Waals surface area contributed by atoms with Crippen LogP contribution in [0, 0.1) is 17.0 Å². The maximum Gasteiger partial charge on any atom is 0.270 e. The van der Waals surface area contributed by atoms with Gasteiger partial charge in [-0.3, -0.25) is 14.9 Å². The van der Waals surface area contributed by atoms with Crippen LogP contribution < -0.4 is 5.32 Å². The molecule has 1 atom stereocenters. The minimum absolute atomic E-state index is 0.124. The number of nitro benzene ring substituents is 1. The molecule has 21 heavy (non-hydrogen) atoms. The molecule has 110 valence electrons. The van der Waals surface area contributed by atoms with Crippen LogP contribution in [-0.4, -0.2) is 15.8 Å². The van der Waals surface area contributed by atoms with Gasteiger partial charge in [0, 0.05) is 27.7 Å². The van der Waals surface area contributed by atoms with Crippen LogP contribution >= 0.6 is 27.3 Å². The van der Waals surface area contributed by atoms with E-state index in [-0.39, 0.29) is 23.2 Å². The first-order valence-corrected chi connectivity index (χ1v) is 7.72. The van der Waals surface area contributed by atoms with E-state index in [1.807, 2.05) is 19.2 Å². The van der Waals surface area contributed by atoms with Crippen LogP contribution in [0.1, 0.15) is 34.0 Å². The van der Waals surface area contributed by atoms with E-state index in [0.29, 0.717) is 4.47 Å². The molecule has 0 radical (unpaired) electrons. The van der Waals surface area contributed by atoms with Gasteiger partial charge in [-0.1, -0.05) is 0 Å². The van der Waals surface area contributed by atoms with Gasteiger partial charge in [-0.25, -0.2) is 4.98 Å². The van der Waals surface area contributed by atoms with Crippen molar-refractivity contribution in [2.75, 3.05) is 0 Å². The van der Waals surface area contributed by atoms with Crippen LogP contribution in [0.25, 0.3) is 0 Å². The Morgan fingerprint density at radius 3 is 2.81 bits per heavy atom. The standard InChI is InChI=1S/C13H12BrN3O3S/c1-7-6-21-13(15-7)8(2)16-12(18)10-5-9(17(19)20)3-4-11(10)14/h3-6,8H,1-2H3,(H,16,18). The number of hydrogen-bond acceptors (Lipinski definition) is 5. The zero-order valence-electron chi connectivity index (χ0n) is 11.3. The number of nitrogens with one attached hydrogen (secondary N) is 1. The van der Waals surface area contributed by atoms with Crippen LogP contribution in [0.3, 0.4) is 0 Å². The fourth-order valence-electron chi connectivity index (χ4n) is 1.71. The number of nitro groups is 1. The largest absolute Gasteiger partial charge is 0.343 e. The van der Waals surface area contributed by atoms with E-state index in [2.05, 4.69) is 26.2 Å². The van der Waals surface area contributed by atoms with E-state index in [1.54, 1.807) is 0 Å². The fraction of sp³-hybridized carbons (Fsp3) is 0.231. The average molecular weight is 370 g/mol. The van der Waals surface area contributed by atoms with Gasteiger partial charge >= 0.3 is 0 Å². The van der Waals surface area contributed by atoms with Crippen molar-refractivity contribution in [2.24, 2.45) is 0 Å². The lowest BCUT2D eigenvalue weighted by atomic mass is 10.2. The number of thiazole rings is 1. The number of amides is 1. The normalized spacial score (nSPS) is 12.0. The SMILES string of the molecule is Cc1csc(C(C)NC(=O)c2cc([N+](=O)[O-])ccc2Br)n1. The third kappa shape index (κ3) is 3.64. The summed E-state index contributed by atoms with van der Waals surface area (Å²) in [7, 11) is 0. The van der Waals surface area contributed by atoms with Gasteiger partial charge in [0.2, 0.25) is 0 Å². The Morgan fingerprint density at radius 2 is 2.24 bits per heavy atom. The van der Waals surface area contributed by atoms with Crippen LogP contribution in [0.15, 0.2) is 28.1 Å². The minimum Gasteiger partial charge on any atom is -0.343 e. The van der Waals surface area contributed by atoms with Crippen molar-refractivity contribution in [3.05, 3.63) is 54.4 Å². The molecule has 2 aromatic rings. The number of rotatable bonds is 4. The molecule has 1 amide bonds. The zero-order chi connectivity index (χ0) is 15.6. The monoisotopic (exact) mass is 369 g/mol. The van der Waals surface area contributed by atoms with E-state index in [9.17, 15) is 14.9 Å². The van der Waals surface area contributed by atoms with Crippen LogP contribution in [0.4, 0.5) is 5.69 Å².